The van der Waals surface area contributed by atoms with E-state index in [0.717, 1.165) is 22.4 Å². The summed E-state index contributed by atoms with van der Waals surface area (Å²) in [4.78, 5) is 15.7. The van der Waals surface area contributed by atoms with Crippen molar-refractivity contribution in [2.45, 2.75) is 38.5 Å². The number of fused-ring (bicyclic) bond motifs is 9. The molecule has 2 aliphatic rings. The summed E-state index contributed by atoms with van der Waals surface area (Å²) in [6.45, 7) is 9.32. The molecule has 0 saturated carbocycles. The topological polar surface area (TPSA) is 43.6 Å². The van der Waals surface area contributed by atoms with E-state index in [2.05, 4.69) is 172 Å². The molecule has 262 valence electrons. The van der Waals surface area contributed by atoms with Gasteiger partial charge in [0.25, 0.3) is 0 Å². The summed E-state index contributed by atoms with van der Waals surface area (Å²) in [5.41, 5.74) is 16.6. The predicted molar refractivity (Wildman–Crippen MR) is 226 cm³/mol. The number of hydrogen-bond donors (Lipinski definition) is 0. The molecule has 4 nitrogen and oxygen atoms in total. The highest BCUT2D eigenvalue weighted by molar-refractivity contribution is 6.11. The van der Waals surface area contributed by atoms with Gasteiger partial charge in [0.05, 0.1) is 11.0 Å². The number of rotatable bonds is 4. The summed E-state index contributed by atoms with van der Waals surface area (Å²) < 4.78 is 2.41. The fraction of sp³-hybridized carbons (Fsp3) is 0.118. The normalized spacial score (nSPS) is 14.5. The van der Waals surface area contributed by atoms with Crippen LogP contribution in [0.1, 0.15) is 49.9 Å². The lowest BCUT2D eigenvalue weighted by Gasteiger charge is -2.21. The highest BCUT2D eigenvalue weighted by Gasteiger charge is 2.38. The Bertz CT molecular complexity index is 3040. The summed E-state index contributed by atoms with van der Waals surface area (Å²) in [5, 5.41) is 2.49. The Morgan fingerprint density at radius 2 is 0.964 bits per heavy atom. The molecule has 0 fully saturated rings. The molecular formula is C51H38N4. The lowest BCUT2D eigenvalue weighted by atomic mass is 9.82. The van der Waals surface area contributed by atoms with Crippen molar-refractivity contribution in [1.29, 1.82) is 0 Å². The molecule has 2 aliphatic carbocycles. The van der Waals surface area contributed by atoms with E-state index >= 15 is 0 Å². The fourth-order valence-corrected chi connectivity index (χ4v) is 9.51. The van der Waals surface area contributed by atoms with Crippen LogP contribution in [0.5, 0.6) is 0 Å². The van der Waals surface area contributed by atoms with Crippen molar-refractivity contribution in [3.63, 3.8) is 0 Å². The van der Waals surface area contributed by atoms with E-state index in [4.69, 9.17) is 15.0 Å². The van der Waals surface area contributed by atoms with E-state index in [9.17, 15) is 0 Å². The van der Waals surface area contributed by atoms with Gasteiger partial charge in [0.15, 0.2) is 17.5 Å². The molecule has 2 aromatic heterocycles. The third-order valence-corrected chi connectivity index (χ3v) is 12.3. The van der Waals surface area contributed by atoms with E-state index in [1.165, 1.54) is 66.3 Å². The molecule has 0 N–H and O–H groups in total. The van der Waals surface area contributed by atoms with E-state index in [-0.39, 0.29) is 10.8 Å². The van der Waals surface area contributed by atoms with Crippen LogP contribution in [0.15, 0.2) is 158 Å². The molecule has 0 unspecified atom stereocenters. The maximum absolute atomic E-state index is 5.30. The van der Waals surface area contributed by atoms with Gasteiger partial charge >= 0.3 is 0 Å². The van der Waals surface area contributed by atoms with Gasteiger partial charge in [-0.15, -0.1) is 0 Å². The monoisotopic (exact) mass is 706 g/mol. The van der Waals surface area contributed by atoms with Gasteiger partial charge in [0.1, 0.15) is 0 Å². The zero-order valence-electron chi connectivity index (χ0n) is 31.3. The summed E-state index contributed by atoms with van der Waals surface area (Å²) in [7, 11) is 0. The van der Waals surface area contributed by atoms with Crippen molar-refractivity contribution >= 4 is 21.8 Å². The van der Waals surface area contributed by atoms with E-state index in [1.807, 2.05) is 18.2 Å². The average molecular weight is 707 g/mol. The first-order valence-corrected chi connectivity index (χ1v) is 19.1. The molecule has 0 aliphatic heterocycles. The lowest BCUT2D eigenvalue weighted by Crippen LogP contribution is -2.14. The third kappa shape index (κ3) is 4.55. The minimum absolute atomic E-state index is 0.105. The maximum Gasteiger partial charge on any atom is 0.164 e. The molecule has 0 radical (unpaired) electrons. The van der Waals surface area contributed by atoms with E-state index in [0.29, 0.717) is 17.5 Å². The van der Waals surface area contributed by atoms with Crippen molar-refractivity contribution in [3.05, 3.63) is 180 Å². The smallest absolute Gasteiger partial charge is 0.164 e. The number of aromatic nitrogens is 4. The molecular weight excluding hydrogens is 669 g/mol. The van der Waals surface area contributed by atoms with E-state index in [1.54, 1.807) is 0 Å². The number of hydrogen-bond acceptors (Lipinski definition) is 3. The first-order valence-electron chi connectivity index (χ1n) is 19.1. The maximum atomic E-state index is 5.30. The standard InChI is InChI=1S/C51H38N4/c1-50(2)41-25-12-9-22-36(41)46-37(23-15-26-42(46)50)49-53-47(31-16-6-5-7-17-31)52-48(54-49)32-18-14-19-33(28-32)55-44-27-13-10-21-35(44)39-29-38-34-20-8-11-24-40(34)51(3,4)43(38)30-45(39)55/h5-30H,1-4H3. The van der Waals surface area contributed by atoms with Gasteiger partial charge in [-0.2, -0.15) is 0 Å². The molecule has 7 aromatic carbocycles. The lowest BCUT2D eigenvalue weighted by molar-refractivity contribution is 0.660. The number of nitrogens with zero attached hydrogens (tertiary/aromatic N) is 4. The minimum atomic E-state index is -0.130. The first-order chi connectivity index (χ1) is 26.8. The molecule has 4 heteroatoms. The molecule has 9 aromatic rings. The van der Waals surface area contributed by atoms with Gasteiger partial charge in [-0.25, -0.2) is 15.0 Å². The molecule has 11 rings (SSSR count). The van der Waals surface area contributed by atoms with Crippen LogP contribution < -0.4 is 0 Å². The fourth-order valence-electron chi connectivity index (χ4n) is 9.51. The SMILES string of the molecule is CC1(C)c2ccccc2-c2cc3c4ccccc4n(-c4cccc(-c5nc(-c6ccccc6)nc(-c6cccc7c6-c6ccccc6C7(C)C)n5)c4)c3cc21. The Hall–Kier alpha value is -6.65. The first kappa shape index (κ1) is 31.8. The van der Waals surface area contributed by atoms with Crippen LogP contribution in [-0.4, -0.2) is 19.5 Å². The van der Waals surface area contributed by atoms with Crippen LogP contribution in [0.3, 0.4) is 0 Å². The zero-order valence-corrected chi connectivity index (χ0v) is 31.3. The van der Waals surface area contributed by atoms with Gasteiger partial charge < -0.3 is 4.57 Å². The van der Waals surface area contributed by atoms with Gasteiger partial charge in [-0.05, 0) is 74.8 Å². The quantitative estimate of drug-likeness (QED) is 0.183. The van der Waals surface area contributed by atoms with Gasteiger partial charge in [-0.3, -0.25) is 0 Å². The summed E-state index contributed by atoms with van der Waals surface area (Å²) >= 11 is 0. The Morgan fingerprint density at radius 1 is 0.382 bits per heavy atom. The van der Waals surface area contributed by atoms with Crippen molar-refractivity contribution in [1.82, 2.24) is 19.5 Å². The Kier molecular flexibility index (Phi) is 6.61. The molecule has 2 heterocycles. The van der Waals surface area contributed by atoms with Gasteiger partial charge in [-0.1, -0.05) is 155 Å². The van der Waals surface area contributed by atoms with E-state index < -0.39 is 0 Å². The molecule has 0 saturated heterocycles. The van der Waals surface area contributed by atoms with Crippen molar-refractivity contribution in [3.8, 4) is 62.1 Å². The van der Waals surface area contributed by atoms with Crippen molar-refractivity contribution in [2.75, 3.05) is 0 Å². The summed E-state index contributed by atoms with van der Waals surface area (Å²) in [6, 6.07) is 56.7. The van der Waals surface area contributed by atoms with Crippen LogP contribution in [0.4, 0.5) is 0 Å². The summed E-state index contributed by atoms with van der Waals surface area (Å²) in [5.74, 6) is 1.98. The largest absolute Gasteiger partial charge is 0.309 e. The van der Waals surface area contributed by atoms with Gasteiger partial charge in [0.2, 0.25) is 0 Å². The van der Waals surface area contributed by atoms with Crippen LogP contribution in [0.2, 0.25) is 0 Å². The molecule has 0 spiro atoms. The van der Waals surface area contributed by atoms with Gasteiger partial charge in [0, 0.05) is 44.0 Å². The highest BCUT2D eigenvalue weighted by atomic mass is 15.0. The summed E-state index contributed by atoms with van der Waals surface area (Å²) in [6.07, 6.45) is 0. The average Bonchev–Trinajstić information content (AvgIpc) is 3.77. The van der Waals surface area contributed by atoms with Crippen molar-refractivity contribution < 1.29 is 0 Å². The molecule has 0 atom stereocenters. The Labute approximate surface area is 320 Å². The Morgan fingerprint density at radius 3 is 1.78 bits per heavy atom. The van der Waals surface area contributed by atoms with Crippen LogP contribution in [0.25, 0.3) is 83.9 Å². The second-order valence-corrected chi connectivity index (χ2v) is 16.1. The predicted octanol–water partition coefficient (Wildman–Crippen LogP) is 12.6. The minimum Gasteiger partial charge on any atom is -0.309 e. The third-order valence-electron chi connectivity index (χ3n) is 12.3. The molecule has 55 heavy (non-hydrogen) atoms. The van der Waals surface area contributed by atoms with Crippen LogP contribution in [-0.2, 0) is 10.8 Å². The number of benzene rings is 7. The van der Waals surface area contributed by atoms with Crippen LogP contribution >= 0.6 is 0 Å². The second kappa shape index (κ2) is 11.4. The van der Waals surface area contributed by atoms with Crippen molar-refractivity contribution in [2.24, 2.45) is 0 Å². The molecule has 0 amide bonds. The number of para-hydroxylation sites is 1. The second-order valence-electron chi connectivity index (χ2n) is 16.1. The Balaban J connectivity index is 1.12. The molecule has 0 bridgehead atoms. The van der Waals surface area contributed by atoms with Crippen LogP contribution in [0, 0.1) is 0 Å². The highest BCUT2D eigenvalue weighted by Crippen LogP contribution is 2.53. The zero-order chi connectivity index (χ0) is 37.1.